The Hall–Kier alpha value is -1.06. The van der Waals surface area contributed by atoms with Crippen molar-refractivity contribution in [2.45, 2.75) is 32.7 Å². The maximum atomic E-state index is 9.17. The van der Waals surface area contributed by atoms with Crippen molar-refractivity contribution in [3.8, 4) is 5.75 Å². The summed E-state index contributed by atoms with van der Waals surface area (Å²) in [5.74, 6) is 1.36. The van der Waals surface area contributed by atoms with Gasteiger partial charge in [-0.3, -0.25) is 0 Å². The van der Waals surface area contributed by atoms with E-state index in [1.807, 2.05) is 25.1 Å². The van der Waals surface area contributed by atoms with Gasteiger partial charge in [-0.15, -0.1) is 0 Å². The van der Waals surface area contributed by atoms with Gasteiger partial charge < -0.3 is 15.2 Å². The lowest BCUT2D eigenvalue weighted by atomic mass is 10.0. The average molecular weight is 237 g/mol. The first kappa shape index (κ1) is 14.0. The van der Waals surface area contributed by atoms with E-state index in [4.69, 9.17) is 4.74 Å². The second kappa shape index (κ2) is 7.30. The summed E-state index contributed by atoms with van der Waals surface area (Å²) in [6.07, 6.45) is 0. The molecule has 0 saturated heterocycles. The van der Waals surface area contributed by atoms with Crippen LogP contribution in [0, 0.1) is 0 Å². The summed E-state index contributed by atoms with van der Waals surface area (Å²) >= 11 is 0. The van der Waals surface area contributed by atoms with Crippen molar-refractivity contribution >= 4 is 0 Å². The van der Waals surface area contributed by atoms with Crippen LogP contribution >= 0.6 is 0 Å². The molecule has 0 saturated carbocycles. The predicted octanol–water partition coefficient (Wildman–Crippen LogP) is 2.16. The van der Waals surface area contributed by atoms with Crippen LogP contribution in [-0.4, -0.2) is 30.9 Å². The molecule has 0 fully saturated rings. The molecular formula is C14H23NO2. The van der Waals surface area contributed by atoms with Gasteiger partial charge in [0.05, 0.1) is 12.6 Å². The molecule has 0 aromatic heterocycles. The highest BCUT2D eigenvalue weighted by atomic mass is 16.5. The zero-order chi connectivity index (χ0) is 12.7. The standard InChI is InChI=1S/C14H23NO2/c1-4-15-12(9-16)10-17-14-8-6-5-7-13(14)11(2)3/h5-8,11-12,15-16H,4,9-10H2,1-3H3. The zero-order valence-electron chi connectivity index (χ0n) is 10.9. The Morgan fingerprint density at radius 3 is 2.59 bits per heavy atom. The average Bonchev–Trinajstić information content (AvgIpc) is 2.34. The lowest BCUT2D eigenvalue weighted by molar-refractivity contribution is 0.183. The Labute approximate surface area is 104 Å². The first-order valence-corrected chi connectivity index (χ1v) is 6.25. The fourth-order valence-electron chi connectivity index (χ4n) is 1.74. The van der Waals surface area contributed by atoms with Gasteiger partial charge in [0.15, 0.2) is 0 Å². The summed E-state index contributed by atoms with van der Waals surface area (Å²) in [5, 5.41) is 12.3. The van der Waals surface area contributed by atoms with E-state index in [1.54, 1.807) is 0 Å². The lowest BCUT2D eigenvalue weighted by Crippen LogP contribution is -2.37. The molecule has 1 aromatic carbocycles. The molecule has 3 nitrogen and oxygen atoms in total. The van der Waals surface area contributed by atoms with Gasteiger partial charge in [0, 0.05) is 0 Å². The van der Waals surface area contributed by atoms with E-state index < -0.39 is 0 Å². The number of aliphatic hydroxyl groups is 1. The summed E-state index contributed by atoms with van der Waals surface area (Å²) in [6.45, 7) is 7.74. The molecule has 0 bridgehead atoms. The number of aliphatic hydroxyl groups excluding tert-OH is 1. The molecule has 0 amide bonds. The molecule has 17 heavy (non-hydrogen) atoms. The molecule has 1 rings (SSSR count). The smallest absolute Gasteiger partial charge is 0.122 e. The van der Waals surface area contributed by atoms with Crippen LogP contribution in [0.25, 0.3) is 0 Å². The topological polar surface area (TPSA) is 41.5 Å². The summed E-state index contributed by atoms with van der Waals surface area (Å²) < 4.78 is 5.78. The van der Waals surface area contributed by atoms with Crippen molar-refractivity contribution in [1.82, 2.24) is 5.32 Å². The van der Waals surface area contributed by atoms with Crippen molar-refractivity contribution in [2.75, 3.05) is 19.8 Å². The van der Waals surface area contributed by atoms with Crippen molar-refractivity contribution in [2.24, 2.45) is 0 Å². The molecule has 1 aromatic rings. The van der Waals surface area contributed by atoms with Crippen molar-refractivity contribution < 1.29 is 9.84 Å². The van der Waals surface area contributed by atoms with Crippen LogP contribution < -0.4 is 10.1 Å². The molecular weight excluding hydrogens is 214 g/mol. The number of ether oxygens (including phenoxy) is 1. The number of benzene rings is 1. The zero-order valence-corrected chi connectivity index (χ0v) is 10.9. The van der Waals surface area contributed by atoms with E-state index in [2.05, 4.69) is 25.2 Å². The highest BCUT2D eigenvalue weighted by molar-refractivity contribution is 5.35. The van der Waals surface area contributed by atoms with Crippen LogP contribution in [0.5, 0.6) is 5.75 Å². The summed E-state index contributed by atoms with van der Waals surface area (Å²) in [4.78, 5) is 0. The number of nitrogens with one attached hydrogen (secondary N) is 1. The van der Waals surface area contributed by atoms with E-state index in [1.165, 1.54) is 5.56 Å². The first-order chi connectivity index (χ1) is 8.19. The Kier molecular flexibility index (Phi) is 6.01. The van der Waals surface area contributed by atoms with Crippen LogP contribution in [-0.2, 0) is 0 Å². The Morgan fingerprint density at radius 1 is 1.29 bits per heavy atom. The molecule has 3 heteroatoms. The summed E-state index contributed by atoms with van der Waals surface area (Å²) in [5.41, 5.74) is 1.21. The minimum absolute atomic E-state index is 0.000202. The lowest BCUT2D eigenvalue weighted by Gasteiger charge is -2.18. The van der Waals surface area contributed by atoms with Gasteiger partial charge in [0.1, 0.15) is 12.4 Å². The molecule has 0 aliphatic rings. The monoisotopic (exact) mass is 237 g/mol. The van der Waals surface area contributed by atoms with Crippen molar-refractivity contribution in [1.29, 1.82) is 0 Å². The Bertz CT molecular complexity index is 326. The van der Waals surface area contributed by atoms with Crippen LogP contribution in [0.1, 0.15) is 32.3 Å². The van der Waals surface area contributed by atoms with Gasteiger partial charge >= 0.3 is 0 Å². The van der Waals surface area contributed by atoms with Gasteiger partial charge in [-0.1, -0.05) is 39.0 Å². The van der Waals surface area contributed by atoms with Crippen LogP contribution in [0.15, 0.2) is 24.3 Å². The quantitative estimate of drug-likeness (QED) is 0.763. The third-order valence-electron chi connectivity index (χ3n) is 2.69. The van der Waals surface area contributed by atoms with Gasteiger partial charge in [-0.25, -0.2) is 0 Å². The molecule has 0 aliphatic heterocycles. The minimum atomic E-state index is 0.000202. The fraction of sp³-hybridized carbons (Fsp3) is 0.571. The molecule has 1 unspecified atom stereocenters. The normalized spacial score (nSPS) is 12.8. The molecule has 0 aliphatic carbocycles. The van der Waals surface area contributed by atoms with Crippen LogP contribution in [0.3, 0.4) is 0 Å². The number of para-hydroxylation sites is 1. The van der Waals surface area contributed by atoms with Crippen molar-refractivity contribution in [3.63, 3.8) is 0 Å². The van der Waals surface area contributed by atoms with Crippen LogP contribution in [0.4, 0.5) is 0 Å². The van der Waals surface area contributed by atoms with Gasteiger partial charge in [0.25, 0.3) is 0 Å². The van der Waals surface area contributed by atoms with Gasteiger partial charge in [-0.2, -0.15) is 0 Å². The van der Waals surface area contributed by atoms with E-state index >= 15 is 0 Å². The number of hydrogen-bond acceptors (Lipinski definition) is 3. The van der Waals surface area contributed by atoms with Crippen molar-refractivity contribution in [3.05, 3.63) is 29.8 Å². The van der Waals surface area contributed by atoms with E-state index in [9.17, 15) is 5.11 Å². The number of hydrogen-bond donors (Lipinski definition) is 2. The van der Waals surface area contributed by atoms with Crippen LogP contribution in [0.2, 0.25) is 0 Å². The van der Waals surface area contributed by atoms with Gasteiger partial charge in [-0.05, 0) is 24.1 Å². The second-order valence-electron chi connectivity index (χ2n) is 4.44. The molecule has 0 heterocycles. The second-order valence-corrected chi connectivity index (χ2v) is 4.44. The highest BCUT2D eigenvalue weighted by Crippen LogP contribution is 2.25. The molecule has 0 radical (unpaired) electrons. The first-order valence-electron chi connectivity index (χ1n) is 6.25. The summed E-state index contributed by atoms with van der Waals surface area (Å²) in [6, 6.07) is 8.07. The molecule has 0 spiro atoms. The molecule has 1 atom stereocenters. The maximum absolute atomic E-state index is 9.17. The SMILES string of the molecule is CCNC(CO)COc1ccccc1C(C)C. The third kappa shape index (κ3) is 4.36. The maximum Gasteiger partial charge on any atom is 0.122 e. The van der Waals surface area contributed by atoms with E-state index in [0.717, 1.165) is 12.3 Å². The molecule has 2 N–H and O–H groups in total. The van der Waals surface area contributed by atoms with E-state index in [-0.39, 0.29) is 12.6 Å². The fourth-order valence-corrected chi connectivity index (χ4v) is 1.74. The van der Waals surface area contributed by atoms with Gasteiger partial charge in [0.2, 0.25) is 0 Å². The largest absolute Gasteiger partial charge is 0.492 e. The van der Waals surface area contributed by atoms with E-state index in [0.29, 0.717) is 12.5 Å². The third-order valence-corrected chi connectivity index (χ3v) is 2.69. The predicted molar refractivity (Wildman–Crippen MR) is 70.6 cm³/mol. The molecule has 96 valence electrons. The summed E-state index contributed by atoms with van der Waals surface area (Å²) in [7, 11) is 0. The minimum Gasteiger partial charge on any atom is -0.492 e. The number of likely N-dealkylation sites (N-methyl/N-ethyl adjacent to an activating group) is 1. The Morgan fingerprint density at radius 2 is 2.00 bits per heavy atom. The Balaban J connectivity index is 2.61. The number of rotatable bonds is 7. The highest BCUT2D eigenvalue weighted by Gasteiger charge is 2.10.